The Balaban J connectivity index is 1.36. The van der Waals surface area contributed by atoms with E-state index in [0.29, 0.717) is 27.6 Å². The number of benzene rings is 2. The van der Waals surface area contributed by atoms with Crippen LogP contribution in [0.3, 0.4) is 0 Å². The van der Waals surface area contributed by atoms with E-state index in [-0.39, 0.29) is 30.2 Å². The van der Waals surface area contributed by atoms with Crippen LogP contribution >= 0.6 is 11.3 Å². The Bertz CT molecular complexity index is 1080. The number of rotatable bonds is 7. The van der Waals surface area contributed by atoms with Gasteiger partial charge in [-0.2, -0.15) is 0 Å². The zero-order valence-electron chi connectivity index (χ0n) is 16.1. The normalized spacial score (nSPS) is 12.8. The Kier molecular flexibility index (Phi) is 5.85. The van der Waals surface area contributed by atoms with Gasteiger partial charge in [-0.1, -0.05) is 30.3 Å². The van der Waals surface area contributed by atoms with Crippen molar-refractivity contribution < 1.29 is 14.4 Å². The molecule has 30 heavy (non-hydrogen) atoms. The molecule has 8 heteroatoms. The van der Waals surface area contributed by atoms with Gasteiger partial charge < -0.3 is 10.6 Å². The molecule has 4 rings (SSSR count). The highest BCUT2D eigenvalue weighted by Gasteiger charge is 2.25. The van der Waals surface area contributed by atoms with Gasteiger partial charge in [0.2, 0.25) is 5.91 Å². The molecule has 3 N–H and O–H groups in total. The first-order chi connectivity index (χ1) is 14.6. The highest BCUT2D eigenvalue weighted by atomic mass is 32.1. The molecule has 152 valence electrons. The summed E-state index contributed by atoms with van der Waals surface area (Å²) >= 11 is 1.26. The van der Waals surface area contributed by atoms with E-state index in [4.69, 9.17) is 0 Å². The summed E-state index contributed by atoms with van der Waals surface area (Å²) in [6, 6.07) is 16.0. The lowest BCUT2D eigenvalue weighted by Gasteiger charge is -2.10. The molecule has 3 aromatic rings. The summed E-state index contributed by atoms with van der Waals surface area (Å²) in [4.78, 5) is 41.4. The molecule has 1 heterocycles. The minimum absolute atomic E-state index is 0.0380. The van der Waals surface area contributed by atoms with Gasteiger partial charge in [0.25, 0.3) is 11.8 Å². The first kappa shape index (κ1) is 19.8. The average Bonchev–Trinajstić information content (AvgIpc) is 3.46. The van der Waals surface area contributed by atoms with Crippen molar-refractivity contribution in [1.29, 1.82) is 0 Å². The highest BCUT2D eigenvalue weighted by Crippen LogP contribution is 2.22. The molecule has 1 aliphatic carbocycles. The smallest absolute Gasteiger partial charge is 0.257 e. The summed E-state index contributed by atoms with van der Waals surface area (Å²) < 4.78 is 0. The van der Waals surface area contributed by atoms with Crippen molar-refractivity contribution in [1.82, 2.24) is 10.3 Å². The maximum absolute atomic E-state index is 12.5. The fourth-order valence-electron chi connectivity index (χ4n) is 2.84. The molecular formula is C22H20N4O3S. The molecule has 1 aliphatic rings. The van der Waals surface area contributed by atoms with Crippen molar-refractivity contribution in [3.63, 3.8) is 0 Å². The Labute approximate surface area is 177 Å². The third-order valence-corrected chi connectivity index (χ3v) is 5.31. The largest absolute Gasteiger partial charge is 0.349 e. The first-order valence-corrected chi connectivity index (χ1v) is 10.5. The lowest BCUT2D eigenvalue weighted by atomic mass is 10.1. The number of nitrogens with zero attached hydrogens (tertiary/aromatic N) is 1. The van der Waals surface area contributed by atoms with Crippen LogP contribution in [0.25, 0.3) is 0 Å². The van der Waals surface area contributed by atoms with Crippen molar-refractivity contribution in [2.75, 3.05) is 10.6 Å². The van der Waals surface area contributed by atoms with E-state index in [1.165, 1.54) is 11.3 Å². The second kappa shape index (κ2) is 8.87. The van der Waals surface area contributed by atoms with Gasteiger partial charge in [-0.05, 0) is 37.1 Å². The molecule has 7 nitrogen and oxygen atoms in total. The van der Waals surface area contributed by atoms with E-state index in [1.54, 1.807) is 53.9 Å². The summed E-state index contributed by atoms with van der Waals surface area (Å²) in [7, 11) is 0. The number of para-hydroxylation sites is 1. The Morgan fingerprint density at radius 3 is 2.43 bits per heavy atom. The van der Waals surface area contributed by atoms with E-state index in [2.05, 4.69) is 20.9 Å². The summed E-state index contributed by atoms with van der Waals surface area (Å²) in [5.41, 5.74) is 1.98. The van der Waals surface area contributed by atoms with Crippen LogP contribution in [-0.2, 0) is 11.2 Å². The maximum Gasteiger partial charge on any atom is 0.257 e. The third kappa shape index (κ3) is 5.09. The highest BCUT2D eigenvalue weighted by molar-refractivity contribution is 7.14. The van der Waals surface area contributed by atoms with Crippen LogP contribution in [0.4, 0.5) is 10.8 Å². The number of aromatic nitrogens is 1. The van der Waals surface area contributed by atoms with Crippen molar-refractivity contribution in [3.05, 3.63) is 76.8 Å². The van der Waals surface area contributed by atoms with Crippen LogP contribution in [0.1, 0.15) is 39.3 Å². The number of hydrogen-bond acceptors (Lipinski definition) is 5. The number of carbonyl (C=O) groups is 3. The summed E-state index contributed by atoms with van der Waals surface area (Å²) in [6.07, 6.45) is 2.02. The number of hydrogen-bond donors (Lipinski definition) is 3. The molecule has 1 aromatic heterocycles. The van der Waals surface area contributed by atoms with Crippen LogP contribution in [0.5, 0.6) is 0 Å². The standard InChI is InChI=1S/C22H20N4O3S/c27-19(25-18-9-5-4-8-17(18)21(29)23-15-10-11-15)12-16-13-30-22(24-16)26-20(28)14-6-2-1-3-7-14/h1-9,13,15H,10-12H2,(H,23,29)(H,25,27)(H,24,26,28). The molecule has 0 aliphatic heterocycles. The van der Waals surface area contributed by atoms with Gasteiger partial charge in [-0.25, -0.2) is 4.98 Å². The number of anilines is 2. The lowest BCUT2D eigenvalue weighted by molar-refractivity contribution is -0.115. The van der Waals surface area contributed by atoms with E-state index in [0.717, 1.165) is 12.8 Å². The molecule has 0 radical (unpaired) electrons. The van der Waals surface area contributed by atoms with E-state index in [9.17, 15) is 14.4 Å². The molecule has 0 saturated heterocycles. The van der Waals surface area contributed by atoms with Crippen LogP contribution in [-0.4, -0.2) is 28.7 Å². The molecule has 1 saturated carbocycles. The maximum atomic E-state index is 12.5. The lowest BCUT2D eigenvalue weighted by Crippen LogP contribution is -2.27. The third-order valence-electron chi connectivity index (χ3n) is 4.51. The number of amides is 3. The van der Waals surface area contributed by atoms with Crippen molar-refractivity contribution in [2.45, 2.75) is 25.3 Å². The van der Waals surface area contributed by atoms with Crippen molar-refractivity contribution in [2.24, 2.45) is 0 Å². The number of carbonyl (C=O) groups excluding carboxylic acids is 3. The minimum Gasteiger partial charge on any atom is -0.349 e. The zero-order chi connectivity index (χ0) is 20.9. The molecule has 0 atom stereocenters. The second-order valence-electron chi connectivity index (χ2n) is 6.98. The predicted octanol–water partition coefficient (Wildman–Crippen LogP) is 3.47. The van der Waals surface area contributed by atoms with E-state index in [1.807, 2.05) is 6.07 Å². The van der Waals surface area contributed by atoms with Gasteiger partial charge in [0.05, 0.1) is 23.4 Å². The molecule has 1 fully saturated rings. The fourth-order valence-corrected chi connectivity index (χ4v) is 3.55. The van der Waals surface area contributed by atoms with Crippen LogP contribution in [0.2, 0.25) is 0 Å². The molecular weight excluding hydrogens is 400 g/mol. The molecule has 2 aromatic carbocycles. The summed E-state index contributed by atoms with van der Waals surface area (Å²) in [5.74, 6) is -0.725. The number of nitrogens with one attached hydrogen (secondary N) is 3. The van der Waals surface area contributed by atoms with E-state index < -0.39 is 0 Å². The average molecular weight is 420 g/mol. The van der Waals surface area contributed by atoms with Crippen LogP contribution < -0.4 is 16.0 Å². The number of thiazole rings is 1. The minimum atomic E-state index is -0.284. The summed E-state index contributed by atoms with van der Waals surface area (Å²) in [5, 5.41) is 10.6. The fraction of sp³-hybridized carbons (Fsp3) is 0.182. The Hall–Kier alpha value is -3.52. The van der Waals surface area contributed by atoms with Gasteiger partial charge in [-0.15, -0.1) is 11.3 Å². The van der Waals surface area contributed by atoms with Gasteiger partial charge in [-0.3, -0.25) is 19.7 Å². The van der Waals surface area contributed by atoms with Gasteiger partial charge in [0, 0.05) is 17.0 Å². The predicted molar refractivity (Wildman–Crippen MR) is 116 cm³/mol. The SMILES string of the molecule is O=C(Cc1csc(NC(=O)c2ccccc2)n1)Nc1ccccc1C(=O)NC1CC1. The first-order valence-electron chi connectivity index (χ1n) is 9.59. The Morgan fingerprint density at radius 2 is 1.67 bits per heavy atom. The zero-order valence-corrected chi connectivity index (χ0v) is 16.9. The van der Waals surface area contributed by atoms with Gasteiger partial charge >= 0.3 is 0 Å². The molecule has 3 amide bonds. The van der Waals surface area contributed by atoms with Crippen LogP contribution in [0.15, 0.2) is 60.0 Å². The molecule has 0 unspecified atom stereocenters. The monoisotopic (exact) mass is 420 g/mol. The van der Waals surface area contributed by atoms with Crippen molar-refractivity contribution >= 4 is 39.9 Å². The Morgan fingerprint density at radius 1 is 0.933 bits per heavy atom. The summed E-state index contributed by atoms with van der Waals surface area (Å²) in [6.45, 7) is 0. The van der Waals surface area contributed by atoms with E-state index >= 15 is 0 Å². The molecule has 0 spiro atoms. The molecule has 0 bridgehead atoms. The van der Waals surface area contributed by atoms with Crippen LogP contribution in [0, 0.1) is 0 Å². The van der Waals surface area contributed by atoms with Gasteiger partial charge in [0.15, 0.2) is 5.13 Å². The van der Waals surface area contributed by atoms with Gasteiger partial charge in [0.1, 0.15) is 0 Å². The topological polar surface area (TPSA) is 100 Å². The quantitative estimate of drug-likeness (QED) is 0.545. The second-order valence-corrected chi connectivity index (χ2v) is 7.84. The van der Waals surface area contributed by atoms with Crippen molar-refractivity contribution in [3.8, 4) is 0 Å².